The second kappa shape index (κ2) is 7.44. The molecule has 118 valence electrons. The van der Waals surface area contributed by atoms with Crippen molar-refractivity contribution in [1.82, 2.24) is 9.55 Å². The lowest BCUT2D eigenvalue weighted by atomic mass is 10.2. The van der Waals surface area contributed by atoms with Crippen LogP contribution in [-0.2, 0) is 18.9 Å². The van der Waals surface area contributed by atoms with E-state index in [1.165, 1.54) is 17.7 Å². The standard InChI is InChI=1S/C18H17FN2OS/c19-16-8-4-7-15(9-16)11-21-17(12-22)10-20-18(21)23-13-14-5-2-1-3-6-14/h1-10,22H,11-13H2. The van der Waals surface area contributed by atoms with E-state index in [0.29, 0.717) is 6.54 Å². The Morgan fingerprint density at radius 3 is 2.57 bits per heavy atom. The van der Waals surface area contributed by atoms with Gasteiger partial charge in [0.2, 0.25) is 0 Å². The first-order valence-corrected chi connectivity index (χ1v) is 8.31. The Labute approximate surface area is 138 Å². The van der Waals surface area contributed by atoms with Crippen molar-refractivity contribution >= 4 is 11.8 Å². The maximum atomic E-state index is 13.4. The molecule has 0 unspecified atom stereocenters. The third kappa shape index (κ3) is 4.00. The predicted octanol–water partition coefficient (Wildman–Crippen LogP) is 3.86. The molecular formula is C18H17FN2OS. The molecule has 0 saturated heterocycles. The summed E-state index contributed by atoms with van der Waals surface area (Å²) < 4.78 is 15.3. The van der Waals surface area contributed by atoms with Gasteiger partial charge in [-0.1, -0.05) is 54.2 Å². The Morgan fingerprint density at radius 1 is 1.04 bits per heavy atom. The van der Waals surface area contributed by atoms with Gasteiger partial charge in [-0.05, 0) is 23.3 Å². The van der Waals surface area contributed by atoms with Crippen LogP contribution >= 0.6 is 11.8 Å². The van der Waals surface area contributed by atoms with Crippen LogP contribution in [0.2, 0.25) is 0 Å². The van der Waals surface area contributed by atoms with Crippen LogP contribution in [0.25, 0.3) is 0 Å². The summed E-state index contributed by atoms with van der Waals surface area (Å²) in [5.74, 6) is 0.540. The van der Waals surface area contributed by atoms with Gasteiger partial charge in [-0.25, -0.2) is 9.37 Å². The Hall–Kier alpha value is -2.11. The minimum Gasteiger partial charge on any atom is -0.390 e. The molecule has 0 radical (unpaired) electrons. The molecule has 0 aliphatic heterocycles. The van der Waals surface area contributed by atoms with Crippen molar-refractivity contribution in [2.75, 3.05) is 0 Å². The molecule has 0 aliphatic rings. The van der Waals surface area contributed by atoms with Gasteiger partial charge in [0.15, 0.2) is 5.16 Å². The highest BCUT2D eigenvalue weighted by molar-refractivity contribution is 7.98. The number of halogens is 1. The summed E-state index contributed by atoms with van der Waals surface area (Å²) in [6.45, 7) is 0.402. The lowest BCUT2D eigenvalue weighted by Gasteiger charge is -2.11. The normalized spacial score (nSPS) is 10.9. The van der Waals surface area contributed by atoms with Gasteiger partial charge < -0.3 is 9.67 Å². The van der Waals surface area contributed by atoms with E-state index < -0.39 is 0 Å². The van der Waals surface area contributed by atoms with Crippen LogP contribution in [0.15, 0.2) is 66.0 Å². The zero-order valence-electron chi connectivity index (χ0n) is 12.5. The maximum absolute atomic E-state index is 13.4. The second-order valence-electron chi connectivity index (χ2n) is 5.18. The van der Waals surface area contributed by atoms with E-state index in [1.54, 1.807) is 24.0 Å². The number of nitrogens with zero attached hydrogens (tertiary/aromatic N) is 2. The number of rotatable bonds is 6. The van der Waals surface area contributed by atoms with Crippen molar-refractivity contribution in [1.29, 1.82) is 0 Å². The zero-order valence-corrected chi connectivity index (χ0v) is 13.3. The van der Waals surface area contributed by atoms with Crippen LogP contribution in [0.1, 0.15) is 16.8 Å². The number of imidazole rings is 1. The highest BCUT2D eigenvalue weighted by Gasteiger charge is 2.11. The maximum Gasteiger partial charge on any atom is 0.168 e. The van der Waals surface area contributed by atoms with Crippen LogP contribution < -0.4 is 0 Å². The van der Waals surface area contributed by atoms with Crippen LogP contribution in [0.5, 0.6) is 0 Å². The van der Waals surface area contributed by atoms with Crippen molar-refractivity contribution in [2.45, 2.75) is 24.1 Å². The van der Waals surface area contributed by atoms with Crippen molar-refractivity contribution in [3.63, 3.8) is 0 Å². The molecule has 5 heteroatoms. The smallest absolute Gasteiger partial charge is 0.168 e. The molecule has 0 bridgehead atoms. The lowest BCUT2D eigenvalue weighted by Crippen LogP contribution is -2.06. The fraction of sp³-hybridized carbons (Fsp3) is 0.167. The Bertz CT molecular complexity index is 774. The fourth-order valence-electron chi connectivity index (χ4n) is 2.34. The molecule has 2 aromatic carbocycles. The molecular weight excluding hydrogens is 311 g/mol. The van der Waals surface area contributed by atoms with E-state index in [0.717, 1.165) is 22.2 Å². The van der Waals surface area contributed by atoms with Crippen molar-refractivity contribution < 1.29 is 9.50 Å². The number of aliphatic hydroxyl groups is 1. The number of hydrogen-bond acceptors (Lipinski definition) is 3. The number of hydrogen-bond donors (Lipinski definition) is 1. The average Bonchev–Trinajstić information content (AvgIpc) is 2.96. The van der Waals surface area contributed by atoms with Crippen molar-refractivity contribution in [2.24, 2.45) is 0 Å². The molecule has 0 spiro atoms. The first kappa shape index (κ1) is 15.8. The van der Waals surface area contributed by atoms with Crippen LogP contribution in [-0.4, -0.2) is 14.7 Å². The van der Waals surface area contributed by atoms with Crippen LogP contribution in [0.4, 0.5) is 4.39 Å². The van der Waals surface area contributed by atoms with Gasteiger partial charge in [-0.2, -0.15) is 0 Å². The average molecular weight is 328 g/mol. The molecule has 3 rings (SSSR count). The van der Waals surface area contributed by atoms with Gasteiger partial charge in [0, 0.05) is 5.75 Å². The van der Waals surface area contributed by atoms with Crippen LogP contribution in [0, 0.1) is 5.82 Å². The van der Waals surface area contributed by atoms with Crippen molar-refractivity contribution in [3.05, 3.63) is 83.4 Å². The summed E-state index contributed by atoms with van der Waals surface area (Å²) >= 11 is 1.61. The number of aliphatic hydroxyl groups excluding tert-OH is 1. The van der Waals surface area contributed by atoms with E-state index in [2.05, 4.69) is 17.1 Å². The molecule has 23 heavy (non-hydrogen) atoms. The predicted molar refractivity (Wildman–Crippen MR) is 89.7 cm³/mol. The minimum atomic E-state index is -0.258. The summed E-state index contributed by atoms with van der Waals surface area (Å²) in [6, 6.07) is 16.6. The third-order valence-electron chi connectivity index (χ3n) is 3.50. The Morgan fingerprint density at radius 2 is 1.83 bits per heavy atom. The monoisotopic (exact) mass is 328 g/mol. The van der Waals surface area contributed by atoms with Gasteiger partial charge in [0.05, 0.1) is 25.0 Å². The lowest BCUT2D eigenvalue weighted by molar-refractivity contribution is 0.270. The van der Waals surface area contributed by atoms with Gasteiger partial charge in [0.25, 0.3) is 0 Å². The number of aromatic nitrogens is 2. The molecule has 1 heterocycles. The van der Waals surface area contributed by atoms with E-state index in [9.17, 15) is 9.50 Å². The third-order valence-corrected chi connectivity index (χ3v) is 4.57. The van der Waals surface area contributed by atoms with E-state index in [-0.39, 0.29) is 12.4 Å². The first-order valence-electron chi connectivity index (χ1n) is 7.32. The molecule has 1 aromatic heterocycles. The molecule has 1 N–H and O–H groups in total. The molecule has 3 nitrogen and oxygen atoms in total. The fourth-order valence-corrected chi connectivity index (χ4v) is 3.30. The number of benzene rings is 2. The Kier molecular flexibility index (Phi) is 5.10. The van der Waals surface area contributed by atoms with E-state index >= 15 is 0 Å². The van der Waals surface area contributed by atoms with Crippen LogP contribution in [0.3, 0.4) is 0 Å². The van der Waals surface area contributed by atoms with E-state index in [1.807, 2.05) is 28.8 Å². The van der Waals surface area contributed by atoms with E-state index in [4.69, 9.17) is 0 Å². The summed E-state index contributed by atoms with van der Waals surface area (Å²) in [5.41, 5.74) is 2.78. The quantitative estimate of drug-likeness (QED) is 0.698. The van der Waals surface area contributed by atoms with Gasteiger partial charge >= 0.3 is 0 Å². The Balaban J connectivity index is 1.79. The van der Waals surface area contributed by atoms with Gasteiger partial charge in [0.1, 0.15) is 5.82 Å². The SMILES string of the molecule is OCc1cnc(SCc2ccccc2)n1Cc1cccc(F)c1. The van der Waals surface area contributed by atoms with Crippen molar-refractivity contribution in [3.8, 4) is 0 Å². The molecule has 0 atom stereocenters. The second-order valence-corrected chi connectivity index (χ2v) is 6.12. The largest absolute Gasteiger partial charge is 0.390 e. The molecule has 0 saturated carbocycles. The molecule has 3 aromatic rings. The van der Waals surface area contributed by atoms with Gasteiger partial charge in [-0.3, -0.25) is 0 Å². The van der Waals surface area contributed by atoms with Gasteiger partial charge in [-0.15, -0.1) is 0 Å². The number of thioether (sulfide) groups is 1. The molecule has 0 fully saturated rings. The summed E-state index contributed by atoms with van der Waals surface area (Å²) in [7, 11) is 0. The summed E-state index contributed by atoms with van der Waals surface area (Å²) in [4.78, 5) is 4.39. The molecule has 0 amide bonds. The first-order chi connectivity index (χ1) is 11.3. The molecule has 0 aliphatic carbocycles. The zero-order chi connectivity index (χ0) is 16.1. The topological polar surface area (TPSA) is 38.1 Å². The summed E-state index contributed by atoms with van der Waals surface area (Å²) in [5, 5.41) is 10.3. The highest BCUT2D eigenvalue weighted by atomic mass is 32.2. The highest BCUT2D eigenvalue weighted by Crippen LogP contribution is 2.24. The summed E-state index contributed by atoms with van der Waals surface area (Å²) in [6.07, 6.45) is 1.67. The minimum absolute atomic E-state index is 0.0891.